The van der Waals surface area contributed by atoms with E-state index in [-0.39, 0.29) is 0 Å². The number of nitrogens with zero attached hydrogens (tertiary/aromatic N) is 4. The molecule has 0 aliphatic rings. The van der Waals surface area contributed by atoms with Crippen LogP contribution in [0.4, 0.5) is 0 Å². The molecule has 4 nitrogen and oxygen atoms in total. The molecule has 0 fully saturated rings. The number of hydrogen-bond donors (Lipinski definition) is 0. The molecule has 0 aliphatic heterocycles. The van der Waals surface area contributed by atoms with Crippen molar-refractivity contribution in [2.75, 3.05) is 0 Å². The predicted octanol–water partition coefficient (Wildman–Crippen LogP) is 10.8. The Bertz CT molecular complexity index is 2570. The highest BCUT2D eigenvalue weighted by molar-refractivity contribution is 6.14. The van der Waals surface area contributed by atoms with Crippen LogP contribution in [0, 0.1) is 0 Å². The minimum Gasteiger partial charge on any atom is -0.308 e. The van der Waals surface area contributed by atoms with Gasteiger partial charge in [0.25, 0.3) is 0 Å². The molecule has 9 aromatic rings. The van der Waals surface area contributed by atoms with Crippen LogP contribution in [0.25, 0.3) is 83.6 Å². The SMILES string of the molecule is c1ccc(-c2cccc(-c3nc(-c4ccccc4)nc(-c4ccccc4-n4c5ccccc5c5cc6ccccc6cc54)n3)c2)cc1. The summed E-state index contributed by atoms with van der Waals surface area (Å²) in [7, 11) is 0. The molecule has 7 aromatic carbocycles. The second-order valence-corrected chi connectivity index (χ2v) is 11.7. The zero-order valence-electron chi connectivity index (χ0n) is 25.5. The Balaban J connectivity index is 1.29. The van der Waals surface area contributed by atoms with Crippen molar-refractivity contribution in [3.05, 3.63) is 170 Å². The van der Waals surface area contributed by atoms with Crippen molar-refractivity contribution < 1.29 is 0 Å². The quantitative estimate of drug-likeness (QED) is 0.197. The van der Waals surface area contributed by atoms with E-state index in [1.165, 1.54) is 21.5 Å². The second-order valence-electron chi connectivity index (χ2n) is 11.7. The summed E-state index contributed by atoms with van der Waals surface area (Å²) < 4.78 is 2.36. The molecular weight excluding hydrogens is 573 g/mol. The van der Waals surface area contributed by atoms with Crippen LogP contribution in [-0.4, -0.2) is 19.5 Å². The van der Waals surface area contributed by atoms with Gasteiger partial charge in [-0.25, -0.2) is 15.0 Å². The smallest absolute Gasteiger partial charge is 0.166 e. The Morgan fingerprint density at radius 3 is 1.72 bits per heavy atom. The molecule has 0 amide bonds. The van der Waals surface area contributed by atoms with E-state index in [0.717, 1.165) is 44.5 Å². The molecule has 0 atom stereocenters. The molecule has 2 aromatic heterocycles. The summed E-state index contributed by atoms with van der Waals surface area (Å²) in [4.78, 5) is 15.3. The van der Waals surface area contributed by atoms with Crippen molar-refractivity contribution in [2.24, 2.45) is 0 Å². The molecule has 0 unspecified atom stereocenters. The number of aromatic nitrogens is 4. The second kappa shape index (κ2) is 11.2. The van der Waals surface area contributed by atoms with Gasteiger partial charge in [-0.3, -0.25) is 0 Å². The monoisotopic (exact) mass is 600 g/mol. The molecule has 0 radical (unpaired) electrons. The van der Waals surface area contributed by atoms with Crippen LogP contribution < -0.4 is 0 Å². The molecule has 0 aliphatic carbocycles. The maximum absolute atomic E-state index is 5.18. The van der Waals surface area contributed by atoms with E-state index in [1.807, 2.05) is 36.4 Å². The van der Waals surface area contributed by atoms with Crippen LogP contribution in [0.15, 0.2) is 170 Å². The Kier molecular flexibility index (Phi) is 6.43. The van der Waals surface area contributed by atoms with E-state index in [4.69, 9.17) is 15.0 Å². The third-order valence-corrected chi connectivity index (χ3v) is 8.82. The van der Waals surface area contributed by atoms with Crippen LogP contribution in [0.5, 0.6) is 0 Å². The predicted molar refractivity (Wildman–Crippen MR) is 193 cm³/mol. The first-order valence-electron chi connectivity index (χ1n) is 15.8. The van der Waals surface area contributed by atoms with Gasteiger partial charge in [0.1, 0.15) is 0 Å². The van der Waals surface area contributed by atoms with Gasteiger partial charge < -0.3 is 4.57 Å². The number of hydrogen-bond acceptors (Lipinski definition) is 3. The van der Waals surface area contributed by atoms with Gasteiger partial charge in [-0.05, 0) is 58.3 Å². The summed E-state index contributed by atoms with van der Waals surface area (Å²) in [6, 6.07) is 59.2. The fourth-order valence-electron chi connectivity index (χ4n) is 6.58. The fraction of sp³-hybridized carbons (Fsp3) is 0. The summed E-state index contributed by atoms with van der Waals surface area (Å²) in [6.07, 6.45) is 0. The van der Waals surface area contributed by atoms with E-state index >= 15 is 0 Å². The molecule has 2 heterocycles. The van der Waals surface area contributed by atoms with Crippen molar-refractivity contribution in [1.82, 2.24) is 19.5 Å². The van der Waals surface area contributed by atoms with Crippen molar-refractivity contribution in [2.45, 2.75) is 0 Å². The maximum Gasteiger partial charge on any atom is 0.166 e. The number of fused-ring (bicyclic) bond motifs is 4. The van der Waals surface area contributed by atoms with E-state index in [0.29, 0.717) is 17.5 Å². The topological polar surface area (TPSA) is 43.6 Å². The Morgan fingerprint density at radius 2 is 0.915 bits per heavy atom. The summed E-state index contributed by atoms with van der Waals surface area (Å²) in [5.74, 6) is 1.90. The van der Waals surface area contributed by atoms with Gasteiger partial charge in [0.05, 0.1) is 16.7 Å². The third kappa shape index (κ3) is 4.75. The van der Waals surface area contributed by atoms with Crippen molar-refractivity contribution in [3.63, 3.8) is 0 Å². The van der Waals surface area contributed by atoms with Crippen LogP contribution in [0.1, 0.15) is 0 Å². The van der Waals surface area contributed by atoms with Crippen LogP contribution >= 0.6 is 0 Å². The van der Waals surface area contributed by atoms with Gasteiger partial charge in [-0.1, -0.05) is 133 Å². The Labute approximate surface area is 272 Å². The van der Waals surface area contributed by atoms with Crippen molar-refractivity contribution in [3.8, 4) is 51.0 Å². The van der Waals surface area contributed by atoms with Gasteiger partial charge in [0.2, 0.25) is 0 Å². The normalized spacial score (nSPS) is 11.4. The molecule has 0 N–H and O–H groups in total. The minimum absolute atomic E-state index is 0.626. The van der Waals surface area contributed by atoms with Crippen molar-refractivity contribution >= 4 is 32.6 Å². The summed E-state index contributed by atoms with van der Waals surface area (Å²) in [5, 5.41) is 4.85. The van der Waals surface area contributed by atoms with Crippen molar-refractivity contribution in [1.29, 1.82) is 0 Å². The molecule has 0 saturated heterocycles. The highest BCUT2D eigenvalue weighted by Gasteiger charge is 2.19. The summed E-state index contributed by atoms with van der Waals surface area (Å²) >= 11 is 0. The Hall–Kier alpha value is -6.39. The molecule has 0 bridgehead atoms. The molecular formula is C43H28N4. The van der Waals surface area contributed by atoms with Crippen LogP contribution in [-0.2, 0) is 0 Å². The van der Waals surface area contributed by atoms with Gasteiger partial charge >= 0.3 is 0 Å². The van der Waals surface area contributed by atoms with E-state index in [9.17, 15) is 0 Å². The molecule has 0 saturated carbocycles. The number of rotatable bonds is 5. The number of benzene rings is 7. The lowest BCUT2D eigenvalue weighted by atomic mass is 10.0. The largest absolute Gasteiger partial charge is 0.308 e. The molecule has 47 heavy (non-hydrogen) atoms. The molecule has 9 rings (SSSR count). The van der Waals surface area contributed by atoms with Crippen LogP contribution in [0.2, 0.25) is 0 Å². The molecule has 220 valence electrons. The zero-order valence-corrected chi connectivity index (χ0v) is 25.5. The van der Waals surface area contributed by atoms with E-state index in [1.54, 1.807) is 0 Å². The van der Waals surface area contributed by atoms with Gasteiger partial charge in [-0.15, -0.1) is 0 Å². The first-order valence-corrected chi connectivity index (χ1v) is 15.8. The lowest BCUT2D eigenvalue weighted by Crippen LogP contribution is -2.03. The zero-order chi connectivity index (χ0) is 31.2. The highest BCUT2D eigenvalue weighted by Crippen LogP contribution is 2.38. The highest BCUT2D eigenvalue weighted by atomic mass is 15.1. The average molecular weight is 601 g/mol. The first-order chi connectivity index (χ1) is 23.3. The van der Waals surface area contributed by atoms with Gasteiger partial charge in [0.15, 0.2) is 17.5 Å². The van der Waals surface area contributed by atoms with Gasteiger partial charge in [-0.2, -0.15) is 0 Å². The fourth-order valence-corrected chi connectivity index (χ4v) is 6.58. The first kappa shape index (κ1) is 27.0. The lowest BCUT2D eigenvalue weighted by molar-refractivity contribution is 1.06. The third-order valence-electron chi connectivity index (χ3n) is 8.82. The van der Waals surface area contributed by atoms with Gasteiger partial charge in [0, 0.05) is 27.5 Å². The standard InChI is InChI=1S/C43H28N4/c1-3-14-29(15-4-1)31-20-13-21-34(26-31)42-44-41(30-16-5-2-6-17-30)45-43(46-42)36-23-10-12-25-39(36)47-38-24-11-9-22-35(38)37-27-32-18-7-8-19-33(32)28-40(37)47/h1-28H. The number of para-hydroxylation sites is 2. The summed E-state index contributed by atoms with van der Waals surface area (Å²) in [5.41, 5.74) is 8.38. The van der Waals surface area contributed by atoms with Crippen LogP contribution in [0.3, 0.4) is 0 Å². The Morgan fingerprint density at radius 1 is 0.340 bits per heavy atom. The minimum atomic E-state index is 0.626. The average Bonchev–Trinajstić information content (AvgIpc) is 3.47. The van der Waals surface area contributed by atoms with E-state index in [2.05, 4.69) is 138 Å². The maximum atomic E-state index is 5.18. The molecule has 4 heteroatoms. The molecule has 0 spiro atoms. The van der Waals surface area contributed by atoms with E-state index < -0.39 is 0 Å². The lowest BCUT2D eigenvalue weighted by Gasteiger charge is -2.15. The summed E-state index contributed by atoms with van der Waals surface area (Å²) in [6.45, 7) is 0.